The van der Waals surface area contributed by atoms with Crippen LogP contribution >= 0.6 is 0 Å². The second-order valence-corrected chi connectivity index (χ2v) is 3.93. The highest BCUT2D eigenvalue weighted by Gasteiger charge is 2.06. The van der Waals surface area contributed by atoms with Crippen LogP contribution in [0.15, 0.2) is 42.9 Å². The third-order valence-corrected chi connectivity index (χ3v) is 2.49. The van der Waals surface area contributed by atoms with Crippen LogP contribution in [0.1, 0.15) is 21.6 Å². The molecule has 1 aromatic heterocycles. The van der Waals surface area contributed by atoms with Crippen molar-refractivity contribution in [2.75, 3.05) is 6.61 Å². The van der Waals surface area contributed by atoms with Crippen LogP contribution in [-0.2, 0) is 6.54 Å². The molecule has 0 spiro atoms. The van der Waals surface area contributed by atoms with Crippen LogP contribution in [0, 0.1) is 11.8 Å². The zero-order valence-electron chi connectivity index (χ0n) is 10.7. The number of hydrogen-bond acceptors (Lipinski definition) is 4. The zero-order chi connectivity index (χ0) is 14.2. The lowest BCUT2D eigenvalue weighted by atomic mass is 10.1. The van der Waals surface area contributed by atoms with Crippen molar-refractivity contribution >= 4 is 5.91 Å². The second-order valence-electron chi connectivity index (χ2n) is 3.93. The molecule has 0 saturated heterocycles. The minimum Gasteiger partial charge on any atom is -0.384 e. The van der Waals surface area contributed by atoms with Crippen molar-refractivity contribution < 1.29 is 9.90 Å². The minimum atomic E-state index is -0.273. The van der Waals surface area contributed by atoms with Gasteiger partial charge in [0.1, 0.15) is 12.3 Å². The number of benzene rings is 1. The lowest BCUT2D eigenvalue weighted by Crippen LogP contribution is -2.23. The molecule has 0 atom stereocenters. The van der Waals surface area contributed by atoms with E-state index >= 15 is 0 Å². The Balaban J connectivity index is 1.99. The molecule has 0 saturated carbocycles. The van der Waals surface area contributed by atoms with Crippen molar-refractivity contribution in [3.63, 3.8) is 0 Å². The summed E-state index contributed by atoms with van der Waals surface area (Å²) >= 11 is 0. The van der Waals surface area contributed by atoms with Gasteiger partial charge in [-0.25, -0.2) is 4.98 Å². The average Bonchev–Trinajstić information content (AvgIpc) is 2.52. The van der Waals surface area contributed by atoms with Gasteiger partial charge in [0.2, 0.25) is 0 Å². The molecule has 2 aromatic rings. The van der Waals surface area contributed by atoms with Crippen LogP contribution in [0.3, 0.4) is 0 Å². The maximum atomic E-state index is 11.8. The Labute approximate surface area is 116 Å². The van der Waals surface area contributed by atoms with Crippen LogP contribution in [0.25, 0.3) is 0 Å². The number of carbonyl (C=O) groups is 1. The van der Waals surface area contributed by atoms with Gasteiger partial charge in [-0.05, 0) is 17.7 Å². The van der Waals surface area contributed by atoms with E-state index in [0.29, 0.717) is 6.54 Å². The van der Waals surface area contributed by atoms with Gasteiger partial charge in [-0.2, -0.15) is 0 Å². The smallest absolute Gasteiger partial charge is 0.271 e. The van der Waals surface area contributed by atoms with Crippen molar-refractivity contribution in [3.05, 3.63) is 59.7 Å². The Kier molecular flexibility index (Phi) is 4.81. The lowest BCUT2D eigenvalue weighted by molar-refractivity contribution is 0.0945. The predicted octanol–water partition coefficient (Wildman–Crippen LogP) is 0.750. The first-order valence-electron chi connectivity index (χ1n) is 6.02. The summed E-state index contributed by atoms with van der Waals surface area (Å²) in [6, 6.07) is 7.45. The molecule has 0 radical (unpaired) electrons. The van der Waals surface area contributed by atoms with E-state index in [1.165, 1.54) is 18.6 Å². The van der Waals surface area contributed by atoms with Crippen LogP contribution in [0.4, 0.5) is 0 Å². The maximum absolute atomic E-state index is 11.8. The SMILES string of the molecule is O=C(NCc1cccc(C#CCO)c1)c1cnccn1. The Bertz CT molecular complexity index is 645. The fourth-order valence-electron chi connectivity index (χ4n) is 1.59. The topological polar surface area (TPSA) is 75.1 Å². The molecule has 2 rings (SSSR count). The number of aliphatic hydroxyl groups excluding tert-OH is 1. The molecule has 100 valence electrons. The molecule has 0 fully saturated rings. The van der Waals surface area contributed by atoms with Gasteiger partial charge in [0.15, 0.2) is 0 Å². The summed E-state index contributed by atoms with van der Waals surface area (Å²) in [4.78, 5) is 19.6. The Morgan fingerprint density at radius 2 is 2.25 bits per heavy atom. The molecule has 5 nitrogen and oxygen atoms in total. The van der Waals surface area contributed by atoms with Crippen molar-refractivity contribution in [3.8, 4) is 11.8 Å². The van der Waals surface area contributed by atoms with Gasteiger partial charge in [0.05, 0.1) is 6.20 Å². The summed E-state index contributed by atoms with van der Waals surface area (Å²) < 4.78 is 0. The van der Waals surface area contributed by atoms with Gasteiger partial charge in [-0.3, -0.25) is 9.78 Å². The number of hydrogen-bond donors (Lipinski definition) is 2. The fraction of sp³-hybridized carbons (Fsp3) is 0.133. The largest absolute Gasteiger partial charge is 0.384 e. The maximum Gasteiger partial charge on any atom is 0.271 e. The van der Waals surface area contributed by atoms with E-state index in [0.717, 1.165) is 11.1 Å². The normalized spacial score (nSPS) is 9.45. The summed E-state index contributed by atoms with van der Waals surface area (Å²) in [6.07, 6.45) is 4.40. The van der Waals surface area contributed by atoms with E-state index < -0.39 is 0 Å². The molecular formula is C15H13N3O2. The molecule has 2 N–H and O–H groups in total. The van der Waals surface area contributed by atoms with Crippen LogP contribution in [-0.4, -0.2) is 27.6 Å². The molecule has 1 amide bonds. The van der Waals surface area contributed by atoms with Gasteiger partial charge in [-0.1, -0.05) is 24.0 Å². The highest BCUT2D eigenvalue weighted by atomic mass is 16.2. The molecule has 0 aliphatic rings. The predicted molar refractivity (Wildman–Crippen MR) is 73.6 cm³/mol. The molecule has 1 aromatic carbocycles. The molecule has 0 bridgehead atoms. The summed E-state index contributed by atoms with van der Waals surface area (Å²) in [5.41, 5.74) is 2.00. The first-order valence-corrected chi connectivity index (χ1v) is 6.02. The number of amides is 1. The third kappa shape index (κ3) is 3.90. The first kappa shape index (κ1) is 13.7. The number of nitrogens with zero attached hydrogens (tertiary/aromatic N) is 2. The van der Waals surface area contributed by atoms with Crippen LogP contribution in [0.5, 0.6) is 0 Å². The molecule has 0 unspecified atom stereocenters. The van der Waals surface area contributed by atoms with E-state index in [9.17, 15) is 4.79 Å². The third-order valence-electron chi connectivity index (χ3n) is 2.49. The number of aromatic nitrogens is 2. The highest BCUT2D eigenvalue weighted by Crippen LogP contribution is 2.04. The number of nitrogens with one attached hydrogen (secondary N) is 1. The zero-order valence-corrected chi connectivity index (χ0v) is 10.7. The molecule has 1 heterocycles. The molecule has 20 heavy (non-hydrogen) atoms. The molecule has 0 aliphatic carbocycles. The first-order chi connectivity index (χ1) is 9.79. The van der Waals surface area contributed by atoms with E-state index in [1.807, 2.05) is 24.3 Å². The number of rotatable bonds is 3. The van der Waals surface area contributed by atoms with E-state index in [1.54, 1.807) is 0 Å². The Hall–Kier alpha value is -2.71. The van der Waals surface area contributed by atoms with Crippen molar-refractivity contribution in [2.45, 2.75) is 6.54 Å². The summed E-state index contributed by atoms with van der Waals surface area (Å²) in [7, 11) is 0. The van der Waals surface area contributed by atoms with Gasteiger partial charge in [0, 0.05) is 24.5 Å². The standard InChI is InChI=1S/C15H13N3O2/c19-8-2-5-12-3-1-4-13(9-12)10-18-15(20)14-11-16-6-7-17-14/h1,3-4,6-7,9,11,19H,8,10H2,(H,18,20). The number of aliphatic hydroxyl groups is 1. The fourth-order valence-corrected chi connectivity index (χ4v) is 1.59. The summed E-state index contributed by atoms with van der Waals surface area (Å²) in [6.45, 7) is 0.206. The van der Waals surface area contributed by atoms with E-state index in [2.05, 4.69) is 27.1 Å². The molecule has 0 aliphatic heterocycles. The van der Waals surface area contributed by atoms with E-state index in [-0.39, 0.29) is 18.2 Å². The quantitative estimate of drug-likeness (QED) is 0.805. The van der Waals surface area contributed by atoms with E-state index in [4.69, 9.17) is 5.11 Å². The summed E-state index contributed by atoms with van der Waals surface area (Å²) in [5, 5.41) is 11.4. The Morgan fingerprint density at radius 1 is 1.35 bits per heavy atom. The van der Waals surface area contributed by atoms with Gasteiger partial charge >= 0.3 is 0 Å². The molecular weight excluding hydrogens is 254 g/mol. The lowest BCUT2D eigenvalue weighted by Gasteiger charge is -2.04. The van der Waals surface area contributed by atoms with Gasteiger partial charge in [-0.15, -0.1) is 0 Å². The highest BCUT2D eigenvalue weighted by molar-refractivity contribution is 5.91. The van der Waals surface area contributed by atoms with Crippen molar-refractivity contribution in [1.82, 2.24) is 15.3 Å². The second kappa shape index (κ2) is 7.02. The van der Waals surface area contributed by atoms with Crippen LogP contribution in [0.2, 0.25) is 0 Å². The van der Waals surface area contributed by atoms with Crippen molar-refractivity contribution in [2.24, 2.45) is 0 Å². The van der Waals surface area contributed by atoms with Crippen molar-refractivity contribution in [1.29, 1.82) is 0 Å². The Morgan fingerprint density at radius 3 is 3.00 bits per heavy atom. The van der Waals surface area contributed by atoms with Gasteiger partial charge in [0.25, 0.3) is 5.91 Å². The van der Waals surface area contributed by atoms with Crippen LogP contribution < -0.4 is 5.32 Å². The van der Waals surface area contributed by atoms with Gasteiger partial charge < -0.3 is 10.4 Å². The summed E-state index contributed by atoms with van der Waals surface area (Å²) in [5.74, 6) is 5.13. The minimum absolute atomic E-state index is 0.173. The number of carbonyl (C=O) groups excluding carboxylic acids is 1. The average molecular weight is 267 g/mol. The monoisotopic (exact) mass is 267 g/mol. The molecule has 5 heteroatoms.